The molecule has 3 aromatic rings. The van der Waals surface area contributed by atoms with Crippen molar-refractivity contribution in [2.45, 2.75) is 6.42 Å². The lowest BCUT2D eigenvalue weighted by molar-refractivity contribution is -0.123. The van der Waals surface area contributed by atoms with Crippen LogP contribution in [0.5, 0.6) is 0 Å². The predicted molar refractivity (Wildman–Crippen MR) is 132 cm³/mol. The number of carbonyl (C=O) groups excluding carboxylic acids is 2. The van der Waals surface area contributed by atoms with Crippen LogP contribution in [0.25, 0.3) is 16.5 Å². The summed E-state index contributed by atoms with van der Waals surface area (Å²) >= 11 is 6.21. The topological polar surface area (TPSA) is 125 Å². The molecule has 168 valence electrons. The average molecular weight is 463 g/mol. The van der Waals surface area contributed by atoms with Gasteiger partial charge in [0.1, 0.15) is 0 Å². The van der Waals surface area contributed by atoms with Crippen LogP contribution in [0.3, 0.4) is 0 Å². The fourth-order valence-electron chi connectivity index (χ4n) is 3.97. The Kier molecular flexibility index (Phi) is 6.28. The third kappa shape index (κ3) is 4.25. The van der Waals surface area contributed by atoms with Crippen molar-refractivity contribution >= 4 is 57.6 Å². The van der Waals surface area contributed by atoms with Crippen LogP contribution in [-0.4, -0.2) is 41.5 Å². The number of benzene rings is 2. The number of nitrogens with one attached hydrogen (secondary N) is 3. The molecule has 0 saturated carbocycles. The van der Waals surface area contributed by atoms with E-state index in [1.165, 1.54) is 6.34 Å². The van der Waals surface area contributed by atoms with Crippen molar-refractivity contribution in [3.63, 3.8) is 0 Å². The smallest absolute Gasteiger partial charge is 0.261 e. The first-order valence-electron chi connectivity index (χ1n) is 10.4. The fraction of sp³-hybridized carbons (Fsp3) is 0.167. The second-order valence-electron chi connectivity index (χ2n) is 7.60. The normalized spacial score (nSPS) is 13.9. The van der Waals surface area contributed by atoms with Gasteiger partial charge in [0, 0.05) is 59.1 Å². The predicted octanol–water partition coefficient (Wildman–Crippen LogP) is 3.10. The summed E-state index contributed by atoms with van der Waals surface area (Å²) in [5.74, 6) is -1.12. The van der Waals surface area contributed by atoms with E-state index in [4.69, 9.17) is 22.7 Å². The number of aromatic nitrogens is 1. The lowest BCUT2D eigenvalue weighted by Gasteiger charge is -2.13. The first kappa shape index (κ1) is 22.3. The van der Waals surface area contributed by atoms with Gasteiger partial charge in [-0.15, -0.1) is 0 Å². The Labute approximate surface area is 195 Å². The highest BCUT2D eigenvalue weighted by Crippen LogP contribution is 2.35. The monoisotopic (exact) mass is 462 g/mol. The molecule has 4 rings (SSSR count). The van der Waals surface area contributed by atoms with E-state index >= 15 is 0 Å². The van der Waals surface area contributed by atoms with Crippen molar-refractivity contribution in [3.8, 4) is 0 Å². The number of para-hydroxylation sites is 1. The Morgan fingerprint density at radius 3 is 2.82 bits per heavy atom. The van der Waals surface area contributed by atoms with Gasteiger partial charge in [0.05, 0.1) is 23.2 Å². The van der Waals surface area contributed by atoms with Gasteiger partial charge in [-0.05, 0) is 30.7 Å². The Balaban J connectivity index is 1.78. The first-order valence-corrected chi connectivity index (χ1v) is 10.8. The van der Waals surface area contributed by atoms with E-state index < -0.39 is 11.8 Å². The lowest BCUT2D eigenvalue weighted by atomic mass is 9.93. The number of hydrogen-bond donors (Lipinski definition) is 4. The average Bonchev–Trinajstić information content (AvgIpc) is 3.27. The molecule has 0 fully saturated rings. The maximum atomic E-state index is 12.9. The van der Waals surface area contributed by atoms with E-state index in [9.17, 15) is 9.59 Å². The molecule has 1 aromatic heterocycles. The van der Waals surface area contributed by atoms with E-state index in [0.29, 0.717) is 34.9 Å². The number of nitrogens with two attached hydrogens (primary N) is 1. The maximum absolute atomic E-state index is 12.9. The second-order valence-corrected chi connectivity index (χ2v) is 8.04. The summed E-state index contributed by atoms with van der Waals surface area (Å²) < 4.78 is 1.87. The summed E-state index contributed by atoms with van der Waals surface area (Å²) in [6.07, 6.45) is 3.80. The number of aliphatic imine (C=N–C) groups is 1. The molecule has 8 nitrogen and oxygen atoms in total. The molecule has 0 radical (unpaired) electrons. The van der Waals surface area contributed by atoms with Crippen LogP contribution >= 0.6 is 11.6 Å². The Morgan fingerprint density at radius 2 is 2.03 bits per heavy atom. The molecule has 0 atom stereocenters. The van der Waals surface area contributed by atoms with Crippen LogP contribution < -0.4 is 16.4 Å². The highest BCUT2D eigenvalue weighted by atomic mass is 35.5. The van der Waals surface area contributed by atoms with Crippen LogP contribution in [0.2, 0.25) is 5.02 Å². The number of aryl methyl sites for hydroxylation is 1. The summed E-state index contributed by atoms with van der Waals surface area (Å²) in [6, 6.07) is 12.6. The number of imide groups is 1. The minimum Gasteiger partial charge on any atom is -0.390 e. The van der Waals surface area contributed by atoms with Crippen molar-refractivity contribution in [3.05, 3.63) is 70.4 Å². The zero-order valence-electron chi connectivity index (χ0n) is 18.0. The number of halogens is 1. The number of amides is 2. The van der Waals surface area contributed by atoms with Gasteiger partial charge >= 0.3 is 0 Å². The number of nitrogens with zero attached hydrogens (tertiary/aromatic N) is 2. The summed E-state index contributed by atoms with van der Waals surface area (Å²) in [7, 11) is 1.86. The molecule has 5 N–H and O–H groups in total. The van der Waals surface area contributed by atoms with Gasteiger partial charge in [-0.25, -0.2) is 0 Å². The minimum absolute atomic E-state index is 0.0320. The van der Waals surface area contributed by atoms with Gasteiger partial charge in [-0.2, -0.15) is 0 Å². The molecule has 0 aliphatic carbocycles. The second kappa shape index (κ2) is 9.30. The largest absolute Gasteiger partial charge is 0.390 e. The van der Waals surface area contributed by atoms with Crippen molar-refractivity contribution in [1.29, 1.82) is 5.41 Å². The number of fused-ring (bicyclic) bond motifs is 1. The van der Waals surface area contributed by atoms with E-state index in [1.54, 1.807) is 30.5 Å². The van der Waals surface area contributed by atoms with Gasteiger partial charge in [-0.1, -0.05) is 29.8 Å². The minimum atomic E-state index is -0.592. The Hall–Kier alpha value is -3.91. The van der Waals surface area contributed by atoms with Gasteiger partial charge in [0.25, 0.3) is 11.8 Å². The van der Waals surface area contributed by atoms with Gasteiger partial charge in [-0.3, -0.25) is 25.3 Å². The number of carbonyl (C=O) groups is 2. The third-order valence-corrected chi connectivity index (χ3v) is 5.72. The SMILES string of the molecule is Cn1cc(C2=C(C(=N)c3ccccc3NCCCN=CN)C(=O)NC2=O)c2cc(Cl)ccc21. The molecule has 0 unspecified atom stereocenters. The molecular weight excluding hydrogens is 440 g/mol. The third-order valence-electron chi connectivity index (χ3n) is 5.48. The summed E-state index contributed by atoms with van der Waals surface area (Å²) in [5, 5.41) is 15.8. The molecule has 2 aromatic carbocycles. The zero-order valence-corrected chi connectivity index (χ0v) is 18.7. The van der Waals surface area contributed by atoms with Crippen molar-refractivity contribution in [1.82, 2.24) is 9.88 Å². The lowest BCUT2D eigenvalue weighted by Crippen LogP contribution is -2.25. The standard InChI is InChI=1S/C24H23ClN6O2/c1-31-12-17(16-11-14(25)7-8-19(16)31)20-21(24(33)30-23(20)32)22(27)15-5-2-3-6-18(15)29-10-4-9-28-13-26/h2-3,5-8,11-13,27,29H,4,9-10H2,1H3,(H2,26,28)(H,30,32,33). The van der Waals surface area contributed by atoms with E-state index in [0.717, 1.165) is 17.3 Å². The van der Waals surface area contributed by atoms with E-state index in [1.807, 2.05) is 29.8 Å². The zero-order chi connectivity index (χ0) is 23.5. The highest BCUT2D eigenvalue weighted by Gasteiger charge is 2.36. The Bertz CT molecular complexity index is 1340. The summed E-state index contributed by atoms with van der Waals surface area (Å²) in [4.78, 5) is 29.7. The molecule has 2 amide bonds. The van der Waals surface area contributed by atoms with Crippen LogP contribution in [0, 0.1) is 5.41 Å². The molecule has 0 saturated heterocycles. The van der Waals surface area contributed by atoms with Crippen molar-refractivity contribution in [2.75, 3.05) is 18.4 Å². The van der Waals surface area contributed by atoms with Gasteiger partial charge in [0.15, 0.2) is 0 Å². The van der Waals surface area contributed by atoms with Gasteiger partial charge < -0.3 is 15.6 Å². The summed E-state index contributed by atoms with van der Waals surface area (Å²) in [6.45, 7) is 1.19. The van der Waals surface area contributed by atoms with E-state index in [-0.39, 0.29) is 16.9 Å². The molecular formula is C24H23ClN6O2. The number of hydrogen-bond acceptors (Lipinski definition) is 5. The highest BCUT2D eigenvalue weighted by molar-refractivity contribution is 6.48. The molecule has 1 aliphatic heterocycles. The molecule has 9 heteroatoms. The molecule has 1 aliphatic rings. The quantitative estimate of drug-likeness (QED) is 0.177. The Morgan fingerprint density at radius 1 is 1.24 bits per heavy atom. The van der Waals surface area contributed by atoms with Crippen LogP contribution in [0.15, 0.2) is 59.2 Å². The molecule has 0 spiro atoms. The number of anilines is 1. The van der Waals surface area contributed by atoms with Crippen molar-refractivity contribution < 1.29 is 9.59 Å². The molecule has 33 heavy (non-hydrogen) atoms. The van der Waals surface area contributed by atoms with Crippen LogP contribution in [-0.2, 0) is 16.6 Å². The van der Waals surface area contributed by atoms with E-state index in [2.05, 4.69) is 15.6 Å². The van der Waals surface area contributed by atoms with Crippen LogP contribution in [0.1, 0.15) is 17.5 Å². The van der Waals surface area contributed by atoms with Crippen LogP contribution in [0.4, 0.5) is 5.69 Å². The molecule has 0 bridgehead atoms. The van der Waals surface area contributed by atoms with Crippen molar-refractivity contribution in [2.24, 2.45) is 17.8 Å². The fourth-order valence-corrected chi connectivity index (χ4v) is 4.14. The summed E-state index contributed by atoms with van der Waals surface area (Å²) in [5.41, 5.74) is 8.08. The molecule has 2 heterocycles. The van der Waals surface area contributed by atoms with Gasteiger partial charge in [0.2, 0.25) is 0 Å². The first-order chi connectivity index (χ1) is 15.9. The maximum Gasteiger partial charge on any atom is 0.261 e. The number of rotatable bonds is 8.